The summed E-state index contributed by atoms with van der Waals surface area (Å²) in [4.78, 5) is 6.80. The van der Waals surface area contributed by atoms with Crippen molar-refractivity contribution in [3.8, 4) is 0 Å². The van der Waals surface area contributed by atoms with Crippen LogP contribution in [-0.2, 0) is 25.7 Å². The van der Waals surface area contributed by atoms with Crippen LogP contribution in [0, 0.1) is 0 Å². The summed E-state index contributed by atoms with van der Waals surface area (Å²) in [5.41, 5.74) is 1.17. The number of benzene rings is 1. The van der Waals surface area contributed by atoms with E-state index in [2.05, 4.69) is 25.7 Å². The van der Waals surface area contributed by atoms with Crippen molar-refractivity contribution in [1.82, 2.24) is 20.7 Å². The Balaban J connectivity index is 0.00000341. The first-order chi connectivity index (χ1) is 14.4. The third kappa shape index (κ3) is 7.67. The molecule has 2 aromatic rings. The van der Waals surface area contributed by atoms with Gasteiger partial charge in [-0.05, 0) is 37.5 Å². The minimum atomic E-state index is -4.30. The van der Waals surface area contributed by atoms with E-state index in [1.165, 1.54) is 0 Å². The second-order valence-electron chi connectivity index (χ2n) is 7.39. The van der Waals surface area contributed by atoms with Crippen molar-refractivity contribution in [2.45, 2.75) is 52.0 Å². The Labute approximate surface area is 197 Å². The standard InChI is InChI=1S/C21H28F3N5O.HI/c1-3-17-11-19(30-28-17)12-26-20(25-4-2)27-18-9-10-29(14-18)13-15-5-7-16(8-6-15)21(22,23)24;/h5-8,11,18H,3-4,9-10,12-14H2,1-2H3,(H2,25,26,27);1H. The molecule has 1 aliphatic heterocycles. The van der Waals surface area contributed by atoms with Gasteiger partial charge in [-0.15, -0.1) is 24.0 Å². The molecule has 0 amide bonds. The Kier molecular flexibility index (Phi) is 9.60. The summed E-state index contributed by atoms with van der Waals surface area (Å²) >= 11 is 0. The predicted octanol–water partition coefficient (Wildman–Crippen LogP) is 4.20. The van der Waals surface area contributed by atoms with Crippen molar-refractivity contribution in [1.29, 1.82) is 0 Å². The second kappa shape index (κ2) is 11.7. The molecule has 2 N–H and O–H groups in total. The van der Waals surface area contributed by atoms with Crippen LogP contribution in [0.15, 0.2) is 39.8 Å². The van der Waals surface area contributed by atoms with E-state index in [0.29, 0.717) is 19.0 Å². The number of rotatable bonds is 7. The maximum absolute atomic E-state index is 12.7. The highest BCUT2D eigenvalue weighted by Crippen LogP contribution is 2.29. The lowest BCUT2D eigenvalue weighted by Crippen LogP contribution is -2.44. The Bertz CT molecular complexity index is 838. The van der Waals surface area contributed by atoms with Gasteiger partial charge >= 0.3 is 6.18 Å². The second-order valence-corrected chi connectivity index (χ2v) is 7.39. The molecule has 1 aromatic heterocycles. The van der Waals surface area contributed by atoms with Crippen LogP contribution in [0.3, 0.4) is 0 Å². The van der Waals surface area contributed by atoms with Gasteiger partial charge in [-0.25, -0.2) is 4.99 Å². The molecule has 0 bridgehead atoms. The zero-order valence-corrected chi connectivity index (χ0v) is 20.0. The fourth-order valence-electron chi connectivity index (χ4n) is 3.42. The highest BCUT2D eigenvalue weighted by molar-refractivity contribution is 14.0. The van der Waals surface area contributed by atoms with E-state index in [0.717, 1.165) is 61.6 Å². The average molecular weight is 551 g/mol. The Morgan fingerprint density at radius 1 is 1.26 bits per heavy atom. The number of nitrogens with zero attached hydrogens (tertiary/aromatic N) is 3. The van der Waals surface area contributed by atoms with Crippen LogP contribution >= 0.6 is 24.0 Å². The van der Waals surface area contributed by atoms with Crippen molar-refractivity contribution in [2.75, 3.05) is 19.6 Å². The predicted molar refractivity (Wildman–Crippen MR) is 124 cm³/mol. The number of aliphatic imine (C=N–C) groups is 1. The van der Waals surface area contributed by atoms with E-state index in [-0.39, 0.29) is 30.0 Å². The average Bonchev–Trinajstić information content (AvgIpc) is 3.35. The normalized spacial score (nSPS) is 17.5. The lowest BCUT2D eigenvalue weighted by atomic mass is 10.1. The fourth-order valence-corrected chi connectivity index (χ4v) is 3.42. The Morgan fingerprint density at radius 3 is 2.61 bits per heavy atom. The number of likely N-dealkylation sites (tertiary alicyclic amines) is 1. The first-order valence-corrected chi connectivity index (χ1v) is 10.2. The molecule has 0 spiro atoms. The summed E-state index contributed by atoms with van der Waals surface area (Å²) in [7, 11) is 0. The maximum Gasteiger partial charge on any atom is 0.416 e. The van der Waals surface area contributed by atoms with Crippen LogP contribution in [0.5, 0.6) is 0 Å². The van der Waals surface area contributed by atoms with Crippen molar-refractivity contribution >= 4 is 29.9 Å². The van der Waals surface area contributed by atoms with Gasteiger partial charge in [0, 0.05) is 38.3 Å². The largest absolute Gasteiger partial charge is 0.416 e. The lowest BCUT2D eigenvalue weighted by Gasteiger charge is -2.19. The molecule has 1 unspecified atom stereocenters. The molecule has 31 heavy (non-hydrogen) atoms. The van der Waals surface area contributed by atoms with Crippen LogP contribution in [0.2, 0.25) is 0 Å². The molecule has 6 nitrogen and oxygen atoms in total. The first kappa shape index (κ1) is 25.4. The zero-order valence-electron chi connectivity index (χ0n) is 17.7. The Hall–Kier alpha value is -1.82. The van der Waals surface area contributed by atoms with Gasteiger partial charge in [0.1, 0.15) is 6.54 Å². The summed E-state index contributed by atoms with van der Waals surface area (Å²) in [6.45, 7) is 7.48. The minimum absolute atomic E-state index is 0. The van der Waals surface area contributed by atoms with Gasteiger partial charge in [-0.1, -0.05) is 24.2 Å². The number of hydrogen-bond donors (Lipinski definition) is 2. The molecular formula is C21H29F3IN5O. The topological polar surface area (TPSA) is 65.7 Å². The van der Waals surface area contributed by atoms with Gasteiger partial charge in [0.05, 0.1) is 11.3 Å². The highest BCUT2D eigenvalue weighted by atomic mass is 127. The van der Waals surface area contributed by atoms with Crippen LogP contribution in [0.25, 0.3) is 0 Å². The van der Waals surface area contributed by atoms with E-state index in [1.807, 2.05) is 19.9 Å². The van der Waals surface area contributed by atoms with Crippen LogP contribution in [0.4, 0.5) is 13.2 Å². The summed E-state index contributed by atoms with van der Waals surface area (Å²) in [6.07, 6.45) is -2.54. The first-order valence-electron chi connectivity index (χ1n) is 10.2. The number of guanidine groups is 1. The molecule has 1 saturated heterocycles. The quantitative estimate of drug-likeness (QED) is 0.307. The lowest BCUT2D eigenvalue weighted by molar-refractivity contribution is -0.137. The molecule has 1 fully saturated rings. The Morgan fingerprint density at radius 2 is 2.00 bits per heavy atom. The molecule has 1 aromatic carbocycles. The van der Waals surface area contributed by atoms with Gasteiger partial charge < -0.3 is 15.2 Å². The third-order valence-electron chi connectivity index (χ3n) is 5.01. The van der Waals surface area contributed by atoms with Crippen LogP contribution in [-0.4, -0.2) is 41.7 Å². The van der Waals surface area contributed by atoms with Gasteiger partial charge in [0.15, 0.2) is 11.7 Å². The molecule has 10 heteroatoms. The number of alkyl halides is 3. The number of halogens is 4. The van der Waals surface area contributed by atoms with Gasteiger partial charge in [0.2, 0.25) is 0 Å². The van der Waals surface area contributed by atoms with Gasteiger partial charge in [-0.2, -0.15) is 13.2 Å². The molecule has 1 aliphatic rings. The zero-order chi connectivity index (χ0) is 21.6. The van der Waals surface area contributed by atoms with Crippen LogP contribution in [0.1, 0.15) is 42.8 Å². The summed E-state index contributed by atoms with van der Waals surface area (Å²) < 4.78 is 43.4. The summed E-state index contributed by atoms with van der Waals surface area (Å²) in [5, 5.41) is 10.7. The van der Waals surface area contributed by atoms with E-state index in [9.17, 15) is 13.2 Å². The van der Waals surface area contributed by atoms with E-state index in [1.54, 1.807) is 12.1 Å². The smallest absolute Gasteiger partial charge is 0.359 e. The number of hydrogen-bond acceptors (Lipinski definition) is 4. The fraction of sp³-hybridized carbons (Fsp3) is 0.524. The molecular weight excluding hydrogens is 522 g/mol. The monoisotopic (exact) mass is 551 g/mol. The van der Waals surface area contributed by atoms with E-state index >= 15 is 0 Å². The molecule has 1 atom stereocenters. The van der Waals surface area contributed by atoms with Crippen molar-refractivity contribution < 1.29 is 17.7 Å². The third-order valence-corrected chi connectivity index (χ3v) is 5.01. The highest BCUT2D eigenvalue weighted by Gasteiger charge is 2.30. The minimum Gasteiger partial charge on any atom is -0.359 e. The van der Waals surface area contributed by atoms with Crippen molar-refractivity contribution in [3.05, 3.63) is 52.9 Å². The molecule has 2 heterocycles. The summed E-state index contributed by atoms with van der Waals surface area (Å²) in [6, 6.07) is 7.52. The molecule has 172 valence electrons. The van der Waals surface area contributed by atoms with Crippen molar-refractivity contribution in [3.63, 3.8) is 0 Å². The van der Waals surface area contributed by atoms with Gasteiger partial charge in [-0.3, -0.25) is 4.90 Å². The number of aromatic nitrogens is 1. The number of nitrogens with one attached hydrogen (secondary N) is 2. The number of aryl methyl sites for hydroxylation is 1. The maximum atomic E-state index is 12.7. The van der Waals surface area contributed by atoms with E-state index < -0.39 is 11.7 Å². The molecule has 0 aliphatic carbocycles. The van der Waals surface area contributed by atoms with E-state index in [4.69, 9.17) is 4.52 Å². The molecule has 3 rings (SSSR count). The molecule has 0 radical (unpaired) electrons. The van der Waals surface area contributed by atoms with Crippen molar-refractivity contribution in [2.24, 2.45) is 4.99 Å². The van der Waals surface area contributed by atoms with Crippen LogP contribution < -0.4 is 10.6 Å². The van der Waals surface area contributed by atoms with Gasteiger partial charge in [0.25, 0.3) is 0 Å². The SMILES string of the molecule is CCNC(=NCc1cc(CC)no1)NC1CCN(Cc2ccc(C(F)(F)F)cc2)C1.I. The molecule has 0 saturated carbocycles. The summed E-state index contributed by atoms with van der Waals surface area (Å²) in [5.74, 6) is 1.44.